The molecule has 1 N–H and O–H groups in total. The summed E-state index contributed by atoms with van der Waals surface area (Å²) < 4.78 is 1.65. The second-order valence-corrected chi connectivity index (χ2v) is 5.97. The molecule has 3 aromatic rings. The third kappa shape index (κ3) is 3.79. The van der Waals surface area contributed by atoms with Gasteiger partial charge in [-0.2, -0.15) is 0 Å². The third-order valence-electron chi connectivity index (χ3n) is 3.33. The van der Waals surface area contributed by atoms with E-state index in [-0.39, 0.29) is 5.69 Å². The van der Waals surface area contributed by atoms with Gasteiger partial charge in [-0.05, 0) is 17.7 Å². The van der Waals surface area contributed by atoms with Crippen LogP contribution in [0.2, 0.25) is 0 Å². The van der Waals surface area contributed by atoms with Gasteiger partial charge in [0.15, 0.2) is 0 Å². The molecule has 0 fully saturated rings. The first kappa shape index (κ1) is 16.2. The highest BCUT2D eigenvalue weighted by atomic mass is 32.2. The summed E-state index contributed by atoms with van der Waals surface area (Å²) in [5, 5.41) is 25.9. The van der Waals surface area contributed by atoms with Crippen LogP contribution in [0, 0.1) is 10.1 Å². The molecule has 0 amide bonds. The summed E-state index contributed by atoms with van der Waals surface area (Å²) in [5.74, 6) is 0.306. The fourth-order valence-corrected chi connectivity index (χ4v) is 2.88. The zero-order chi connectivity index (χ0) is 16.9. The van der Waals surface area contributed by atoms with E-state index in [4.69, 9.17) is 0 Å². The van der Waals surface area contributed by atoms with Gasteiger partial charge in [0.2, 0.25) is 5.16 Å². The molecule has 0 unspecified atom stereocenters. The Morgan fingerprint density at radius 1 is 1.21 bits per heavy atom. The Kier molecular flexibility index (Phi) is 4.88. The van der Waals surface area contributed by atoms with Crippen LogP contribution in [-0.4, -0.2) is 30.5 Å². The lowest BCUT2D eigenvalue weighted by Gasteiger charge is -2.08. The van der Waals surface area contributed by atoms with Gasteiger partial charge in [0.05, 0.1) is 16.7 Å². The van der Waals surface area contributed by atoms with E-state index in [0.29, 0.717) is 16.5 Å². The first-order valence-electron chi connectivity index (χ1n) is 7.16. The Bertz CT molecular complexity index is 838. The number of nitro benzene ring substituents is 1. The summed E-state index contributed by atoms with van der Waals surface area (Å²) in [4.78, 5) is 14.5. The zero-order valence-corrected chi connectivity index (χ0v) is 13.3. The lowest BCUT2D eigenvalue weighted by atomic mass is 10.1. The first-order chi connectivity index (χ1) is 11.6. The highest BCUT2D eigenvalue weighted by Gasteiger charge is 2.14. The molecular formula is C16H14N4O3S. The minimum atomic E-state index is -0.835. The van der Waals surface area contributed by atoms with E-state index in [1.807, 2.05) is 30.3 Å². The van der Waals surface area contributed by atoms with Gasteiger partial charge in [-0.15, -0.1) is 5.10 Å². The van der Waals surface area contributed by atoms with Crippen molar-refractivity contribution < 1.29 is 10.0 Å². The van der Waals surface area contributed by atoms with Crippen LogP contribution in [0.3, 0.4) is 0 Å². The highest BCUT2D eigenvalue weighted by molar-refractivity contribution is 7.99. The molecule has 0 aliphatic heterocycles. The van der Waals surface area contributed by atoms with Crippen molar-refractivity contribution in [1.82, 2.24) is 14.8 Å². The van der Waals surface area contributed by atoms with Crippen LogP contribution in [0.5, 0.6) is 0 Å². The van der Waals surface area contributed by atoms with Gasteiger partial charge in [-0.3, -0.25) is 10.1 Å². The maximum absolute atomic E-state index is 10.8. The van der Waals surface area contributed by atoms with Gasteiger partial charge < -0.3 is 5.11 Å². The van der Waals surface area contributed by atoms with E-state index in [9.17, 15) is 15.2 Å². The number of aliphatic hydroxyl groups is 1. The van der Waals surface area contributed by atoms with Crippen molar-refractivity contribution in [3.63, 3.8) is 0 Å². The molecule has 1 atom stereocenters. The van der Waals surface area contributed by atoms with Gasteiger partial charge >= 0.3 is 0 Å². The number of non-ortho nitro benzene ring substituents is 1. The lowest BCUT2D eigenvalue weighted by Crippen LogP contribution is -2.02. The van der Waals surface area contributed by atoms with Crippen molar-refractivity contribution in [1.29, 1.82) is 0 Å². The lowest BCUT2D eigenvalue weighted by molar-refractivity contribution is -0.385. The van der Waals surface area contributed by atoms with E-state index in [1.165, 1.54) is 23.9 Å². The van der Waals surface area contributed by atoms with E-state index < -0.39 is 11.0 Å². The largest absolute Gasteiger partial charge is 0.388 e. The minimum absolute atomic E-state index is 0.0389. The summed E-state index contributed by atoms with van der Waals surface area (Å²) >= 11 is 1.29. The predicted molar refractivity (Wildman–Crippen MR) is 90.1 cm³/mol. The van der Waals surface area contributed by atoms with Crippen LogP contribution in [0.1, 0.15) is 11.7 Å². The monoisotopic (exact) mass is 342 g/mol. The van der Waals surface area contributed by atoms with Gasteiger partial charge in [-0.25, -0.2) is 9.67 Å². The van der Waals surface area contributed by atoms with Crippen molar-refractivity contribution in [2.24, 2.45) is 0 Å². The first-order valence-corrected chi connectivity index (χ1v) is 8.14. The molecule has 0 radical (unpaired) electrons. The van der Waals surface area contributed by atoms with Crippen molar-refractivity contribution in [3.8, 4) is 5.69 Å². The topological polar surface area (TPSA) is 94.1 Å². The number of nitrogens with zero attached hydrogens (tertiary/aromatic N) is 4. The second kappa shape index (κ2) is 7.24. The molecule has 2 aromatic carbocycles. The van der Waals surface area contributed by atoms with Crippen LogP contribution in [0.25, 0.3) is 5.69 Å². The van der Waals surface area contributed by atoms with Crippen molar-refractivity contribution >= 4 is 17.4 Å². The standard InChI is InChI=1S/C16H14N4O3S/c21-15(12-5-4-8-14(9-12)20(22)23)10-24-16-17-11-19(18-16)13-6-2-1-3-7-13/h1-9,11,15,21H,10H2/t15-/m0/s1. The third-order valence-corrected chi connectivity index (χ3v) is 4.26. The van der Waals surface area contributed by atoms with E-state index in [2.05, 4.69) is 10.1 Å². The van der Waals surface area contributed by atoms with Gasteiger partial charge in [0.1, 0.15) is 6.33 Å². The predicted octanol–water partition coefficient (Wildman–Crippen LogP) is 3.00. The normalized spacial score (nSPS) is 12.0. The molecule has 24 heavy (non-hydrogen) atoms. The Morgan fingerprint density at radius 2 is 2.00 bits per heavy atom. The molecule has 0 spiro atoms. The number of thioether (sulfide) groups is 1. The Morgan fingerprint density at radius 3 is 2.75 bits per heavy atom. The number of para-hydroxylation sites is 1. The minimum Gasteiger partial charge on any atom is -0.388 e. The molecule has 0 aliphatic rings. The summed E-state index contributed by atoms with van der Waals surface area (Å²) in [6.07, 6.45) is 0.774. The molecule has 8 heteroatoms. The van der Waals surface area contributed by atoms with Crippen molar-refractivity contribution in [2.75, 3.05) is 5.75 Å². The molecular weight excluding hydrogens is 328 g/mol. The molecule has 0 bridgehead atoms. The fraction of sp³-hybridized carbons (Fsp3) is 0.125. The van der Waals surface area contributed by atoms with Crippen molar-refractivity contribution in [2.45, 2.75) is 11.3 Å². The smallest absolute Gasteiger partial charge is 0.269 e. The number of hydrogen-bond acceptors (Lipinski definition) is 6. The molecule has 0 saturated heterocycles. The van der Waals surface area contributed by atoms with Crippen LogP contribution >= 0.6 is 11.8 Å². The maximum atomic E-state index is 10.8. The average molecular weight is 342 g/mol. The number of aromatic nitrogens is 3. The molecule has 3 rings (SSSR count). The number of aliphatic hydroxyl groups excluding tert-OH is 1. The Balaban J connectivity index is 1.65. The van der Waals surface area contributed by atoms with E-state index in [0.717, 1.165) is 5.69 Å². The van der Waals surface area contributed by atoms with Gasteiger partial charge in [0, 0.05) is 17.9 Å². The van der Waals surface area contributed by atoms with Crippen LogP contribution < -0.4 is 0 Å². The Hall–Kier alpha value is -2.71. The van der Waals surface area contributed by atoms with Crippen LogP contribution in [0.15, 0.2) is 66.1 Å². The molecule has 0 aliphatic carbocycles. The summed E-state index contributed by atoms with van der Waals surface area (Å²) in [7, 11) is 0. The average Bonchev–Trinajstić information content (AvgIpc) is 3.09. The number of nitro groups is 1. The summed E-state index contributed by atoms with van der Waals surface area (Å²) in [6, 6.07) is 15.6. The zero-order valence-electron chi connectivity index (χ0n) is 12.5. The highest BCUT2D eigenvalue weighted by Crippen LogP contribution is 2.25. The number of benzene rings is 2. The summed E-state index contributed by atoms with van der Waals surface area (Å²) in [6.45, 7) is 0. The quantitative estimate of drug-likeness (QED) is 0.420. The fourth-order valence-electron chi connectivity index (χ4n) is 2.11. The van der Waals surface area contributed by atoms with Gasteiger partial charge in [0.25, 0.3) is 5.69 Å². The van der Waals surface area contributed by atoms with Gasteiger partial charge in [-0.1, -0.05) is 42.1 Å². The van der Waals surface area contributed by atoms with E-state index in [1.54, 1.807) is 23.1 Å². The van der Waals surface area contributed by atoms with E-state index >= 15 is 0 Å². The van der Waals surface area contributed by atoms with Crippen molar-refractivity contribution in [3.05, 3.63) is 76.6 Å². The maximum Gasteiger partial charge on any atom is 0.269 e. The van der Waals surface area contributed by atoms with Crippen LogP contribution in [-0.2, 0) is 0 Å². The SMILES string of the molecule is O=[N+]([O-])c1cccc([C@@H](O)CSc2ncn(-c3ccccc3)n2)c1. The molecule has 1 heterocycles. The molecule has 7 nitrogen and oxygen atoms in total. The molecule has 0 saturated carbocycles. The van der Waals surface area contributed by atoms with Crippen LogP contribution in [0.4, 0.5) is 5.69 Å². The molecule has 1 aromatic heterocycles. The summed E-state index contributed by atoms with van der Waals surface area (Å²) in [5.41, 5.74) is 1.36. The molecule has 122 valence electrons. The second-order valence-electron chi connectivity index (χ2n) is 4.99. The number of hydrogen-bond donors (Lipinski definition) is 1. The Labute approximate surface area is 142 Å². The number of rotatable bonds is 6.